The Balaban J connectivity index is 0.000000184. The Bertz CT molecular complexity index is 1090. The lowest BCUT2D eigenvalue weighted by atomic mass is 9.79. The van der Waals surface area contributed by atoms with E-state index in [4.69, 9.17) is 20.4 Å². The molecule has 0 unspecified atom stereocenters. The van der Waals surface area contributed by atoms with Crippen molar-refractivity contribution in [1.82, 2.24) is 0 Å². The molecule has 0 aliphatic heterocycles. The molecule has 0 bridgehead atoms. The minimum Gasteiger partial charge on any atom is -0.508 e. The summed E-state index contributed by atoms with van der Waals surface area (Å²) < 4.78 is 0. The summed E-state index contributed by atoms with van der Waals surface area (Å²) in [5.74, 6) is -2.19. The predicted octanol–water partition coefficient (Wildman–Crippen LogP) is 4.44. The van der Waals surface area contributed by atoms with Gasteiger partial charge in [0.15, 0.2) is 5.41 Å². The van der Waals surface area contributed by atoms with E-state index in [9.17, 15) is 9.59 Å². The van der Waals surface area contributed by atoms with Crippen LogP contribution >= 0.6 is 0 Å². The van der Waals surface area contributed by atoms with Gasteiger partial charge in [-0.25, -0.2) is 0 Å². The minimum atomic E-state index is -1.84. The van der Waals surface area contributed by atoms with Gasteiger partial charge in [-0.05, 0) is 52.6 Å². The highest BCUT2D eigenvalue weighted by Gasteiger charge is 2.44. The molecule has 30 heavy (non-hydrogen) atoms. The highest BCUT2D eigenvalue weighted by Crippen LogP contribution is 2.33. The van der Waals surface area contributed by atoms with Crippen LogP contribution in [-0.2, 0) is 9.59 Å². The largest absolute Gasteiger partial charge is 0.508 e. The topological polar surface area (TPSA) is 115 Å². The van der Waals surface area contributed by atoms with Gasteiger partial charge < -0.3 is 20.4 Å². The molecule has 152 valence electrons. The second-order valence-electron chi connectivity index (χ2n) is 6.86. The molecule has 0 saturated heterocycles. The Morgan fingerprint density at radius 2 is 1.30 bits per heavy atom. The van der Waals surface area contributed by atoms with Crippen molar-refractivity contribution in [3.63, 3.8) is 0 Å². The lowest BCUT2D eigenvalue weighted by molar-refractivity contribution is -0.160. The first kappa shape index (κ1) is 20.7. The number of phenols is 2. The van der Waals surface area contributed by atoms with Crippen LogP contribution in [0, 0.1) is 5.41 Å². The summed E-state index contributed by atoms with van der Waals surface area (Å²) in [6.07, 6.45) is 4.41. The first-order chi connectivity index (χ1) is 14.3. The first-order valence-electron chi connectivity index (χ1n) is 9.15. The molecule has 0 heterocycles. The summed E-state index contributed by atoms with van der Waals surface area (Å²) in [6, 6.07) is 19.5. The molecule has 0 spiro atoms. The smallest absolute Gasteiger partial charge is 0.325 e. The number of benzene rings is 3. The van der Waals surface area contributed by atoms with Crippen LogP contribution in [-0.4, -0.2) is 32.4 Å². The molecule has 0 amide bonds. The van der Waals surface area contributed by atoms with Gasteiger partial charge in [0, 0.05) is 0 Å². The third-order valence-corrected chi connectivity index (χ3v) is 4.87. The minimum absolute atomic E-state index is 0.0433. The Morgan fingerprint density at radius 1 is 0.767 bits per heavy atom. The number of allylic oxidation sites excluding steroid dienone is 3. The van der Waals surface area contributed by atoms with E-state index < -0.39 is 17.4 Å². The highest BCUT2D eigenvalue weighted by molar-refractivity contribution is 6.02. The number of hydrogen-bond acceptors (Lipinski definition) is 4. The van der Waals surface area contributed by atoms with E-state index in [1.807, 2.05) is 30.3 Å². The predicted molar refractivity (Wildman–Crippen MR) is 113 cm³/mol. The molecular weight excluding hydrogens is 384 g/mol. The van der Waals surface area contributed by atoms with Crippen molar-refractivity contribution in [3.8, 4) is 11.5 Å². The van der Waals surface area contributed by atoms with Gasteiger partial charge in [0.1, 0.15) is 11.5 Å². The second-order valence-corrected chi connectivity index (χ2v) is 6.86. The lowest BCUT2D eigenvalue weighted by Crippen LogP contribution is -2.38. The zero-order valence-electron chi connectivity index (χ0n) is 15.9. The third kappa shape index (κ3) is 4.33. The van der Waals surface area contributed by atoms with Gasteiger partial charge in [-0.1, -0.05) is 60.7 Å². The van der Waals surface area contributed by atoms with Crippen LogP contribution in [0.5, 0.6) is 11.5 Å². The highest BCUT2D eigenvalue weighted by atomic mass is 16.4. The van der Waals surface area contributed by atoms with Crippen LogP contribution in [0.25, 0.3) is 16.3 Å². The van der Waals surface area contributed by atoms with Crippen molar-refractivity contribution in [2.75, 3.05) is 0 Å². The molecule has 4 rings (SSSR count). The monoisotopic (exact) mass is 404 g/mol. The summed E-state index contributed by atoms with van der Waals surface area (Å²) in [7, 11) is 0. The van der Waals surface area contributed by atoms with Crippen LogP contribution < -0.4 is 0 Å². The average molecular weight is 404 g/mol. The SMILES string of the molecule is O=C(O)C1(C(=O)O)C=CC(c2ccccc2)=CC1.Oc1ccc2cc(O)ccc2c1. The van der Waals surface area contributed by atoms with E-state index in [-0.39, 0.29) is 17.9 Å². The number of carboxylic acid groups (broad SMARTS) is 2. The number of rotatable bonds is 3. The Labute approximate surface area is 172 Å². The van der Waals surface area contributed by atoms with Crippen LogP contribution in [0.1, 0.15) is 12.0 Å². The van der Waals surface area contributed by atoms with Crippen molar-refractivity contribution in [2.24, 2.45) is 5.41 Å². The molecule has 3 aromatic carbocycles. The fourth-order valence-corrected chi connectivity index (χ4v) is 3.11. The van der Waals surface area contributed by atoms with E-state index in [0.717, 1.165) is 21.9 Å². The molecule has 6 heteroatoms. The Hall–Kier alpha value is -4.06. The number of fused-ring (bicyclic) bond motifs is 1. The zero-order valence-corrected chi connectivity index (χ0v) is 15.9. The van der Waals surface area contributed by atoms with Gasteiger partial charge in [-0.2, -0.15) is 0 Å². The van der Waals surface area contributed by atoms with Gasteiger partial charge in [-0.15, -0.1) is 0 Å². The summed E-state index contributed by atoms with van der Waals surface area (Å²) >= 11 is 0. The fourth-order valence-electron chi connectivity index (χ4n) is 3.11. The standard InChI is InChI=1S/C14H12O4.C10H8O2/c15-12(16)14(13(17)18)8-6-11(7-9-14)10-4-2-1-3-5-10;11-9-3-1-7-5-10(12)4-2-8(7)6-9/h1-8H,9H2,(H,15,16)(H,17,18);1-6,11-12H. The molecule has 0 fully saturated rings. The van der Waals surface area contributed by atoms with Gasteiger partial charge in [0.05, 0.1) is 0 Å². The molecule has 3 aromatic rings. The average Bonchev–Trinajstić information content (AvgIpc) is 2.75. The first-order valence-corrected chi connectivity index (χ1v) is 9.15. The molecule has 1 aliphatic rings. The molecule has 0 saturated carbocycles. The van der Waals surface area contributed by atoms with E-state index in [0.29, 0.717) is 0 Å². The second kappa shape index (κ2) is 8.53. The molecule has 0 aromatic heterocycles. The number of carbonyl (C=O) groups is 2. The summed E-state index contributed by atoms with van der Waals surface area (Å²) in [5, 5.41) is 38.2. The lowest BCUT2D eigenvalue weighted by Gasteiger charge is -2.23. The third-order valence-electron chi connectivity index (χ3n) is 4.87. The van der Waals surface area contributed by atoms with Crippen molar-refractivity contribution in [2.45, 2.75) is 6.42 Å². The number of hydrogen-bond donors (Lipinski definition) is 4. The Morgan fingerprint density at radius 3 is 1.73 bits per heavy atom. The maximum absolute atomic E-state index is 11.1. The van der Waals surface area contributed by atoms with Crippen LogP contribution in [0.15, 0.2) is 85.0 Å². The Kier molecular flexibility index (Phi) is 5.88. The van der Waals surface area contributed by atoms with E-state index >= 15 is 0 Å². The van der Waals surface area contributed by atoms with E-state index in [1.165, 1.54) is 6.08 Å². The molecule has 4 N–H and O–H groups in total. The van der Waals surface area contributed by atoms with Crippen molar-refractivity contribution >= 4 is 28.3 Å². The maximum Gasteiger partial charge on any atom is 0.325 e. The van der Waals surface area contributed by atoms with E-state index in [1.54, 1.807) is 48.6 Å². The number of phenolic OH excluding ortho intramolecular Hbond substituents is 2. The molecule has 0 radical (unpaired) electrons. The van der Waals surface area contributed by atoms with E-state index in [2.05, 4.69) is 0 Å². The quantitative estimate of drug-likeness (QED) is 0.480. The van der Waals surface area contributed by atoms with Gasteiger partial charge in [0.2, 0.25) is 0 Å². The van der Waals surface area contributed by atoms with Crippen LogP contribution in [0.4, 0.5) is 0 Å². The number of aromatic hydroxyl groups is 2. The van der Waals surface area contributed by atoms with Gasteiger partial charge >= 0.3 is 11.9 Å². The van der Waals surface area contributed by atoms with Crippen LogP contribution in [0.3, 0.4) is 0 Å². The molecule has 6 nitrogen and oxygen atoms in total. The summed E-state index contributed by atoms with van der Waals surface area (Å²) in [5.41, 5.74) is -0.0509. The maximum atomic E-state index is 11.1. The van der Waals surface area contributed by atoms with Crippen molar-refractivity contribution < 1.29 is 30.0 Å². The zero-order chi connectivity index (χ0) is 21.7. The normalized spacial score (nSPS) is 14.3. The molecular formula is C24H20O6. The molecule has 0 atom stereocenters. The summed E-state index contributed by atoms with van der Waals surface area (Å²) in [6.45, 7) is 0. The number of carboxylic acids is 2. The van der Waals surface area contributed by atoms with Gasteiger partial charge in [0.25, 0.3) is 0 Å². The fraction of sp³-hybridized carbons (Fsp3) is 0.0833. The number of aliphatic carboxylic acids is 2. The molecule has 1 aliphatic carbocycles. The van der Waals surface area contributed by atoms with Crippen LogP contribution in [0.2, 0.25) is 0 Å². The van der Waals surface area contributed by atoms with Crippen molar-refractivity contribution in [3.05, 3.63) is 90.5 Å². The van der Waals surface area contributed by atoms with Gasteiger partial charge in [-0.3, -0.25) is 9.59 Å². The summed E-state index contributed by atoms with van der Waals surface area (Å²) in [4.78, 5) is 22.2. The van der Waals surface area contributed by atoms with Crippen molar-refractivity contribution in [1.29, 1.82) is 0 Å².